The molecule has 1 unspecified atom stereocenters. The van der Waals surface area contributed by atoms with Gasteiger partial charge < -0.3 is 9.64 Å². The van der Waals surface area contributed by atoms with Crippen molar-refractivity contribution < 1.29 is 14.5 Å². The van der Waals surface area contributed by atoms with Crippen molar-refractivity contribution in [2.75, 3.05) is 19.8 Å². The number of nitro benzene ring substituents is 1. The first-order valence-corrected chi connectivity index (χ1v) is 7.03. The largest absolute Gasteiger partial charge is 0.381 e. The molecule has 1 N–H and O–H groups in total. The first-order valence-electron chi connectivity index (χ1n) is 7.03. The lowest BCUT2D eigenvalue weighted by molar-refractivity contribution is -0.384. The van der Waals surface area contributed by atoms with Gasteiger partial charge in [-0.25, -0.2) is 0 Å². The van der Waals surface area contributed by atoms with E-state index >= 15 is 0 Å². The molecule has 2 heterocycles. The SMILES string of the molecule is O=C1CNC(c2ccc([N+](=O)[O-])cc2)N1C1CCOCC1. The van der Waals surface area contributed by atoms with Gasteiger partial charge in [0.1, 0.15) is 6.17 Å². The summed E-state index contributed by atoms with van der Waals surface area (Å²) in [5, 5.41) is 13.9. The lowest BCUT2D eigenvalue weighted by Crippen LogP contribution is -2.42. The van der Waals surface area contributed by atoms with Gasteiger partial charge in [-0.05, 0) is 30.5 Å². The average Bonchev–Trinajstić information content (AvgIpc) is 2.90. The quantitative estimate of drug-likeness (QED) is 0.668. The topological polar surface area (TPSA) is 84.7 Å². The predicted octanol–water partition coefficient (Wildman–Crippen LogP) is 1.20. The van der Waals surface area contributed by atoms with Gasteiger partial charge >= 0.3 is 0 Å². The number of nitrogens with zero attached hydrogens (tertiary/aromatic N) is 2. The van der Waals surface area contributed by atoms with E-state index in [0.29, 0.717) is 19.8 Å². The summed E-state index contributed by atoms with van der Waals surface area (Å²) in [5.41, 5.74) is 0.929. The Labute approximate surface area is 122 Å². The maximum atomic E-state index is 12.1. The van der Waals surface area contributed by atoms with E-state index in [1.807, 2.05) is 4.90 Å². The van der Waals surface area contributed by atoms with Crippen molar-refractivity contribution in [3.05, 3.63) is 39.9 Å². The Kier molecular flexibility index (Phi) is 3.85. The van der Waals surface area contributed by atoms with Crippen molar-refractivity contribution in [1.29, 1.82) is 0 Å². The molecule has 1 atom stereocenters. The van der Waals surface area contributed by atoms with Crippen LogP contribution in [0.4, 0.5) is 5.69 Å². The zero-order valence-electron chi connectivity index (χ0n) is 11.5. The molecule has 1 aromatic rings. The Balaban J connectivity index is 1.82. The van der Waals surface area contributed by atoms with Crippen molar-refractivity contribution in [3.63, 3.8) is 0 Å². The van der Waals surface area contributed by atoms with E-state index < -0.39 is 4.92 Å². The number of nitro groups is 1. The molecular formula is C14H17N3O4. The van der Waals surface area contributed by atoms with Crippen LogP contribution in [0.5, 0.6) is 0 Å². The molecule has 1 amide bonds. The Bertz CT molecular complexity index is 540. The van der Waals surface area contributed by atoms with Crippen molar-refractivity contribution >= 4 is 11.6 Å². The van der Waals surface area contributed by atoms with Gasteiger partial charge in [0, 0.05) is 31.4 Å². The molecule has 2 aliphatic heterocycles. The minimum Gasteiger partial charge on any atom is -0.381 e. The molecular weight excluding hydrogens is 274 g/mol. The molecule has 112 valence electrons. The summed E-state index contributed by atoms with van der Waals surface area (Å²) >= 11 is 0. The Morgan fingerprint density at radius 1 is 1.24 bits per heavy atom. The second-order valence-electron chi connectivity index (χ2n) is 5.28. The van der Waals surface area contributed by atoms with Crippen molar-refractivity contribution in [2.45, 2.75) is 25.0 Å². The number of nitrogens with one attached hydrogen (secondary N) is 1. The number of non-ortho nitro benzene ring substituents is 1. The maximum absolute atomic E-state index is 12.1. The van der Waals surface area contributed by atoms with Crippen LogP contribution in [-0.2, 0) is 9.53 Å². The third-order valence-corrected chi connectivity index (χ3v) is 4.02. The fourth-order valence-electron chi connectivity index (χ4n) is 2.95. The molecule has 0 saturated carbocycles. The van der Waals surface area contributed by atoms with Crippen molar-refractivity contribution in [1.82, 2.24) is 10.2 Å². The molecule has 7 heteroatoms. The lowest BCUT2D eigenvalue weighted by atomic mass is 10.0. The van der Waals surface area contributed by atoms with E-state index in [1.54, 1.807) is 12.1 Å². The van der Waals surface area contributed by atoms with E-state index in [1.165, 1.54) is 12.1 Å². The van der Waals surface area contributed by atoms with Gasteiger partial charge in [0.25, 0.3) is 5.69 Å². The van der Waals surface area contributed by atoms with Gasteiger partial charge in [-0.2, -0.15) is 0 Å². The summed E-state index contributed by atoms with van der Waals surface area (Å²) in [5.74, 6) is 0.0743. The van der Waals surface area contributed by atoms with Gasteiger partial charge in [0.05, 0.1) is 11.5 Å². The Morgan fingerprint density at radius 3 is 2.52 bits per heavy atom. The summed E-state index contributed by atoms with van der Waals surface area (Å²) in [6, 6.07) is 6.53. The highest BCUT2D eigenvalue weighted by Crippen LogP contribution is 2.29. The van der Waals surface area contributed by atoms with E-state index in [0.717, 1.165) is 18.4 Å². The van der Waals surface area contributed by atoms with E-state index in [9.17, 15) is 14.9 Å². The number of rotatable bonds is 3. The number of carbonyl (C=O) groups excluding carboxylic acids is 1. The molecule has 3 rings (SSSR count). The Morgan fingerprint density at radius 2 is 1.90 bits per heavy atom. The smallest absolute Gasteiger partial charge is 0.269 e. The second kappa shape index (κ2) is 5.79. The second-order valence-corrected chi connectivity index (χ2v) is 5.28. The highest BCUT2D eigenvalue weighted by molar-refractivity contribution is 5.81. The number of amides is 1. The molecule has 0 radical (unpaired) electrons. The first-order chi connectivity index (χ1) is 10.2. The number of carbonyl (C=O) groups is 1. The van der Waals surface area contributed by atoms with Crippen LogP contribution in [0.1, 0.15) is 24.6 Å². The van der Waals surface area contributed by atoms with Gasteiger partial charge in [0.2, 0.25) is 5.91 Å². The van der Waals surface area contributed by atoms with Crippen molar-refractivity contribution in [2.24, 2.45) is 0 Å². The molecule has 0 spiro atoms. The third-order valence-electron chi connectivity index (χ3n) is 4.02. The molecule has 1 aromatic carbocycles. The number of hydrogen-bond donors (Lipinski definition) is 1. The van der Waals surface area contributed by atoms with Crippen LogP contribution >= 0.6 is 0 Å². The van der Waals surface area contributed by atoms with Gasteiger partial charge in [-0.1, -0.05) is 0 Å². The minimum atomic E-state index is -0.423. The Hall–Kier alpha value is -1.99. The molecule has 2 fully saturated rings. The van der Waals surface area contributed by atoms with E-state index in [4.69, 9.17) is 4.74 Å². The summed E-state index contributed by atoms with van der Waals surface area (Å²) < 4.78 is 5.34. The molecule has 0 aromatic heterocycles. The fraction of sp³-hybridized carbons (Fsp3) is 0.500. The number of ether oxygens (including phenoxy) is 1. The van der Waals surface area contributed by atoms with Gasteiger partial charge in [0.15, 0.2) is 0 Å². The van der Waals surface area contributed by atoms with Gasteiger partial charge in [-0.3, -0.25) is 20.2 Å². The van der Waals surface area contributed by atoms with Gasteiger partial charge in [-0.15, -0.1) is 0 Å². The number of benzene rings is 1. The average molecular weight is 291 g/mol. The molecule has 0 bridgehead atoms. The van der Waals surface area contributed by atoms with E-state index in [2.05, 4.69) is 5.32 Å². The molecule has 2 saturated heterocycles. The van der Waals surface area contributed by atoms with Crippen molar-refractivity contribution in [3.8, 4) is 0 Å². The summed E-state index contributed by atoms with van der Waals surface area (Å²) in [6.07, 6.45) is 1.45. The van der Waals surface area contributed by atoms with Crippen LogP contribution < -0.4 is 5.32 Å². The van der Waals surface area contributed by atoms with E-state index in [-0.39, 0.29) is 23.8 Å². The first kappa shape index (κ1) is 14.0. The number of hydrogen-bond acceptors (Lipinski definition) is 5. The van der Waals surface area contributed by atoms with Crippen LogP contribution in [0.25, 0.3) is 0 Å². The maximum Gasteiger partial charge on any atom is 0.269 e. The van der Waals surface area contributed by atoms with Crippen LogP contribution in [0.2, 0.25) is 0 Å². The highest BCUT2D eigenvalue weighted by Gasteiger charge is 2.37. The zero-order chi connectivity index (χ0) is 14.8. The molecule has 0 aliphatic carbocycles. The summed E-state index contributed by atoms with van der Waals surface area (Å²) in [4.78, 5) is 24.3. The molecule has 7 nitrogen and oxygen atoms in total. The lowest BCUT2D eigenvalue weighted by Gasteiger charge is -2.35. The minimum absolute atomic E-state index is 0.0562. The zero-order valence-corrected chi connectivity index (χ0v) is 11.5. The highest BCUT2D eigenvalue weighted by atomic mass is 16.6. The normalized spacial score (nSPS) is 23.5. The summed E-state index contributed by atoms with van der Waals surface area (Å²) in [6.45, 7) is 1.64. The monoisotopic (exact) mass is 291 g/mol. The standard InChI is InChI=1S/C14H17N3O4/c18-13-9-15-14(16(13)11-5-7-21-8-6-11)10-1-3-12(4-2-10)17(19)20/h1-4,11,14-15H,5-9H2. The summed E-state index contributed by atoms with van der Waals surface area (Å²) in [7, 11) is 0. The van der Waals surface area contributed by atoms with Crippen LogP contribution in [0, 0.1) is 10.1 Å². The third kappa shape index (κ3) is 2.74. The fourth-order valence-corrected chi connectivity index (χ4v) is 2.95. The molecule has 21 heavy (non-hydrogen) atoms. The van der Waals surface area contributed by atoms with Crippen LogP contribution in [0.3, 0.4) is 0 Å². The van der Waals surface area contributed by atoms with Crippen LogP contribution in [0.15, 0.2) is 24.3 Å². The predicted molar refractivity (Wildman–Crippen MR) is 74.5 cm³/mol. The van der Waals surface area contributed by atoms with Crippen LogP contribution in [-0.4, -0.2) is 41.5 Å². The molecule has 2 aliphatic rings.